The number of rotatable bonds is 6. The van der Waals surface area contributed by atoms with Gasteiger partial charge in [0.25, 0.3) is 5.91 Å². The molecule has 140 valence electrons. The zero-order valence-corrected chi connectivity index (χ0v) is 14.2. The molecule has 0 saturated heterocycles. The monoisotopic (exact) mass is 372 g/mol. The highest BCUT2D eigenvalue weighted by Gasteiger charge is 2.17. The van der Waals surface area contributed by atoms with E-state index in [-0.39, 0.29) is 17.0 Å². The van der Waals surface area contributed by atoms with Crippen molar-refractivity contribution in [2.24, 2.45) is 0 Å². The summed E-state index contributed by atoms with van der Waals surface area (Å²) in [5.41, 5.74) is 0.243. The molecule has 0 atom stereocenters. The Labute approximate surface area is 154 Å². The molecule has 0 fully saturated rings. The molecule has 2 aromatic rings. The van der Waals surface area contributed by atoms with Crippen LogP contribution in [0, 0.1) is 10.1 Å². The molecule has 0 radical (unpaired) electrons. The third kappa shape index (κ3) is 4.51. The molecule has 1 N–H and O–H groups in total. The number of nitro benzene ring substituents is 1. The van der Waals surface area contributed by atoms with Crippen LogP contribution >= 0.6 is 0 Å². The summed E-state index contributed by atoms with van der Waals surface area (Å²) < 4.78 is 16.3. The molecule has 0 unspecified atom stereocenters. The molecule has 0 bridgehead atoms. The Morgan fingerprint density at radius 3 is 2.70 bits per heavy atom. The van der Waals surface area contributed by atoms with Crippen molar-refractivity contribution in [3.05, 3.63) is 52.1 Å². The summed E-state index contributed by atoms with van der Waals surface area (Å²) in [5, 5.41) is 13.7. The maximum absolute atomic E-state index is 12.1. The molecular formula is C18H16N2O7. The van der Waals surface area contributed by atoms with Gasteiger partial charge in [0.1, 0.15) is 6.29 Å². The minimum absolute atomic E-state index is 0.0978. The highest BCUT2D eigenvalue weighted by Crippen LogP contribution is 2.32. The van der Waals surface area contributed by atoms with Gasteiger partial charge >= 0.3 is 5.69 Å². The number of anilines is 1. The number of aldehydes is 1. The number of hydrogen-bond acceptors (Lipinski definition) is 7. The molecule has 9 nitrogen and oxygen atoms in total. The highest BCUT2D eigenvalue weighted by molar-refractivity contribution is 5.92. The topological polar surface area (TPSA) is 117 Å². The van der Waals surface area contributed by atoms with Gasteiger partial charge in [0.2, 0.25) is 0 Å². The number of nitrogens with zero attached hydrogens (tertiary/aromatic N) is 1. The lowest BCUT2D eigenvalue weighted by Crippen LogP contribution is -2.20. The highest BCUT2D eigenvalue weighted by atomic mass is 16.6. The van der Waals surface area contributed by atoms with Gasteiger partial charge < -0.3 is 19.5 Å². The predicted octanol–water partition coefficient (Wildman–Crippen LogP) is 2.59. The van der Waals surface area contributed by atoms with Crippen molar-refractivity contribution in [2.45, 2.75) is 6.42 Å². The molecule has 1 aliphatic heterocycles. The number of carbonyl (C=O) groups excluding carboxylic acids is 2. The van der Waals surface area contributed by atoms with E-state index in [9.17, 15) is 19.7 Å². The van der Waals surface area contributed by atoms with Crippen molar-refractivity contribution in [3.63, 3.8) is 0 Å². The third-order valence-corrected chi connectivity index (χ3v) is 3.71. The summed E-state index contributed by atoms with van der Waals surface area (Å²) in [6.45, 7) is 0.651. The van der Waals surface area contributed by atoms with E-state index in [4.69, 9.17) is 14.2 Å². The maximum atomic E-state index is 12.1. The Bertz CT molecular complexity index is 882. The van der Waals surface area contributed by atoms with E-state index in [1.54, 1.807) is 18.2 Å². The van der Waals surface area contributed by atoms with Crippen LogP contribution in [0.5, 0.6) is 17.2 Å². The molecule has 0 aromatic heterocycles. The molecule has 1 heterocycles. The lowest BCUT2D eigenvalue weighted by molar-refractivity contribution is -0.385. The molecular weight excluding hydrogens is 356 g/mol. The number of nitrogens with one attached hydrogen (secondary N) is 1. The summed E-state index contributed by atoms with van der Waals surface area (Å²) in [5.74, 6) is 0.539. The summed E-state index contributed by atoms with van der Waals surface area (Å²) in [6.07, 6.45) is 1.26. The first-order chi connectivity index (χ1) is 13.1. The van der Waals surface area contributed by atoms with Crippen LogP contribution in [0.2, 0.25) is 0 Å². The van der Waals surface area contributed by atoms with Gasteiger partial charge in [0.05, 0.1) is 18.1 Å². The van der Waals surface area contributed by atoms with Gasteiger partial charge in [0.15, 0.2) is 23.9 Å². The Morgan fingerprint density at radius 2 is 1.96 bits per heavy atom. The first-order valence-electron chi connectivity index (χ1n) is 8.13. The van der Waals surface area contributed by atoms with Crippen molar-refractivity contribution < 1.29 is 28.7 Å². The Kier molecular flexibility index (Phi) is 5.50. The van der Waals surface area contributed by atoms with Crippen molar-refractivity contribution in [3.8, 4) is 17.2 Å². The molecule has 3 rings (SSSR count). The summed E-state index contributed by atoms with van der Waals surface area (Å²) in [4.78, 5) is 33.2. The van der Waals surface area contributed by atoms with Crippen molar-refractivity contribution >= 4 is 23.6 Å². The van der Waals surface area contributed by atoms with E-state index in [1.165, 1.54) is 12.1 Å². The number of ether oxygens (including phenoxy) is 3. The second-order valence-electron chi connectivity index (χ2n) is 5.65. The standard InChI is InChI=1S/C18H16N2O7/c21-10-12-2-4-15(14(8-12)20(23)24)27-11-18(22)19-13-3-5-16-17(9-13)26-7-1-6-25-16/h2-5,8-10H,1,6-7,11H2,(H,19,22). The molecule has 1 aliphatic rings. The Hall–Kier alpha value is -3.62. The molecule has 0 saturated carbocycles. The van der Waals surface area contributed by atoms with Crippen LogP contribution in [0.25, 0.3) is 0 Å². The smallest absolute Gasteiger partial charge is 0.311 e. The van der Waals surface area contributed by atoms with E-state index in [0.717, 1.165) is 12.5 Å². The quantitative estimate of drug-likeness (QED) is 0.470. The van der Waals surface area contributed by atoms with Gasteiger partial charge in [-0.3, -0.25) is 19.7 Å². The molecule has 9 heteroatoms. The SMILES string of the molecule is O=Cc1ccc(OCC(=O)Nc2ccc3c(c2)OCCCO3)c([N+](=O)[O-])c1. The molecule has 2 aromatic carbocycles. The van der Waals surface area contributed by atoms with Gasteiger partial charge in [-0.2, -0.15) is 0 Å². The van der Waals surface area contributed by atoms with E-state index in [2.05, 4.69) is 5.32 Å². The Balaban J connectivity index is 1.64. The van der Waals surface area contributed by atoms with E-state index in [0.29, 0.717) is 36.7 Å². The number of carbonyl (C=O) groups is 2. The average Bonchev–Trinajstić information content (AvgIpc) is 2.91. The van der Waals surface area contributed by atoms with Gasteiger partial charge in [-0.1, -0.05) is 0 Å². The lowest BCUT2D eigenvalue weighted by atomic mass is 10.2. The van der Waals surface area contributed by atoms with Crippen LogP contribution in [-0.2, 0) is 4.79 Å². The normalized spacial score (nSPS) is 12.6. The first kappa shape index (κ1) is 18.2. The molecule has 1 amide bonds. The van der Waals surface area contributed by atoms with Crippen LogP contribution in [-0.4, -0.2) is 36.9 Å². The fourth-order valence-corrected chi connectivity index (χ4v) is 2.45. The van der Waals surface area contributed by atoms with E-state index < -0.39 is 17.4 Å². The second-order valence-corrected chi connectivity index (χ2v) is 5.65. The minimum atomic E-state index is -0.677. The van der Waals surface area contributed by atoms with Crippen LogP contribution < -0.4 is 19.5 Å². The van der Waals surface area contributed by atoms with Gasteiger partial charge in [-0.05, 0) is 24.3 Å². The lowest BCUT2D eigenvalue weighted by Gasteiger charge is -2.11. The second kappa shape index (κ2) is 8.17. The number of benzene rings is 2. The Morgan fingerprint density at radius 1 is 1.19 bits per heavy atom. The number of hydrogen-bond donors (Lipinski definition) is 1. The number of amides is 1. The van der Waals surface area contributed by atoms with E-state index in [1.807, 2.05) is 0 Å². The average molecular weight is 372 g/mol. The fraction of sp³-hybridized carbons (Fsp3) is 0.222. The predicted molar refractivity (Wildman–Crippen MR) is 94.7 cm³/mol. The largest absolute Gasteiger partial charge is 0.490 e. The molecule has 27 heavy (non-hydrogen) atoms. The number of fused-ring (bicyclic) bond motifs is 1. The van der Waals surface area contributed by atoms with Crippen LogP contribution in [0.4, 0.5) is 11.4 Å². The van der Waals surface area contributed by atoms with Gasteiger partial charge in [-0.25, -0.2) is 0 Å². The summed E-state index contributed by atoms with van der Waals surface area (Å²) in [6, 6.07) is 8.73. The molecule has 0 spiro atoms. The van der Waals surface area contributed by atoms with Crippen LogP contribution in [0.3, 0.4) is 0 Å². The van der Waals surface area contributed by atoms with Crippen LogP contribution in [0.15, 0.2) is 36.4 Å². The minimum Gasteiger partial charge on any atom is -0.490 e. The first-order valence-corrected chi connectivity index (χ1v) is 8.13. The summed E-state index contributed by atoms with van der Waals surface area (Å²) in [7, 11) is 0. The van der Waals surface area contributed by atoms with E-state index >= 15 is 0 Å². The van der Waals surface area contributed by atoms with Gasteiger partial charge in [-0.15, -0.1) is 0 Å². The fourth-order valence-electron chi connectivity index (χ4n) is 2.45. The third-order valence-electron chi connectivity index (χ3n) is 3.71. The zero-order valence-electron chi connectivity index (χ0n) is 14.2. The van der Waals surface area contributed by atoms with Crippen molar-refractivity contribution in [1.82, 2.24) is 0 Å². The maximum Gasteiger partial charge on any atom is 0.311 e. The summed E-state index contributed by atoms with van der Waals surface area (Å²) >= 11 is 0. The zero-order chi connectivity index (χ0) is 19.2. The van der Waals surface area contributed by atoms with Crippen molar-refractivity contribution in [1.29, 1.82) is 0 Å². The molecule has 0 aliphatic carbocycles. The number of nitro groups is 1. The van der Waals surface area contributed by atoms with Crippen molar-refractivity contribution in [2.75, 3.05) is 25.1 Å². The van der Waals surface area contributed by atoms with Gasteiger partial charge in [0, 0.05) is 29.8 Å². The van der Waals surface area contributed by atoms with Crippen LogP contribution in [0.1, 0.15) is 16.8 Å².